The summed E-state index contributed by atoms with van der Waals surface area (Å²) in [5.41, 5.74) is 2.87. The van der Waals surface area contributed by atoms with E-state index in [1.165, 1.54) is 12.1 Å². The predicted molar refractivity (Wildman–Crippen MR) is 175 cm³/mol. The fourth-order valence-corrected chi connectivity index (χ4v) is 5.20. The molecule has 2 aromatic heterocycles. The summed E-state index contributed by atoms with van der Waals surface area (Å²) in [6, 6.07) is 12.4. The number of nitrogens with one attached hydrogen (secondary N) is 3. The summed E-state index contributed by atoms with van der Waals surface area (Å²) in [4.78, 5) is 4.55. The molecule has 226 valence electrons. The van der Waals surface area contributed by atoms with Gasteiger partial charge in [0.15, 0.2) is 0 Å². The average molecular weight is 649 g/mol. The van der Waals surface area contributed by atoms with Crippen LogP contribution >= 0.6 is 15.9 Å². The number of halogens is 2. The molecule has 0 aliphatic carbocycles. The molecule has 2 atom stereocenters. The molecule has 2 unspecified atom stereocenters. The second-order valence-electron chi connectivity index (χ2n) is 13.3. The molecule has 0 saturated heterocycles. The Balaban J connectivity index is 1.75. The number of aliphatic hydroxyl groups is 1. The van der Waals surface area contributed by atoms with Gasteiger partial charge in [0, 0.05) is 40.4 Å². The minimum atomic E-state index is -0.938. The summed E-state index contributed by atoms with van der Waals surface area (Å²) in [7, 11) is 1.95. The molecular formula is C31H39BBrFN8O. The van der Waals surface area contributed by atoms with Gasteiger partial charge in [0.05, 0.1) is 41.1 Å². The Kier molecular flexibility index (Phi) is 9.49. The minimum absolute atomic E-state index is 0.0151. The molecule has 0 radical (unpaired) electrons. The van der Waals surface area contributed by atoms with E-state index in [0.29, 0.717) is 35.6 Å². The van der Waals surface area contributed by atoms with Crippen molar-refractivity contribution in [2.24, 2.45) is 5.41 Å². The van der Waals surface area contributed by atoms with Crippen LogP contribution in [0.1, 0.15) is 58.4 Å². The van der Waals surface area contributed by atoms with Crippen LogP contribution in [0.2, 0.25) is 0 Å². The molecule has 0 aliphatic rings. The van der Waals surface area contributed by atoms with Crippen molar-refractivity contribution in [2.45, 2.75) is 65.2 Å². The molecule has 2 aromatic carbocycles. The maximum absolute atomic E-state index is 14.0. The number of hydrogen-bond acceptors (Lipinski definition) is 8. The summed E-state index contributed by atoms with van der Waals surface area (Å²) in [5, 5.41) is 40.4. The number of fused-ring (bicyclic) bond motifs is 1. The van der Waals surface area contributed by atoms with Crippen LogP contribution in [0.5, 0.6) is 0 Å². The van der Waals surface area contributed by atoms with E-state index in [-0.39, 0.29) is 23.3 Å². The van der Waals surface area contributed by atoms with Crippen molar-refractivity contribution in [1.82, 2.24) is 25.3 Å². The quantitative estimate of drug-likeness (QED) is 0.182. The number of benzene rings is 2. The first-order chi connectivity index (χ1) is 20.1. The number of nitrogens with zero attached hydrogens (tertiary/aromatic N) is 5. The van der Waals surface area contributed by atoms with Gasteiger partial charge in [-0.25, -0.2) is 9.07 Å². The van der Waals surface area contributed by atoms with Crippen LogP contribution in [-0.2, 0) is 12.0 Å². The third-order valence-corrected chi connectivity index (χ3v) is 7.58. The second kappa shape index (κ2) is 12.6. The Labute approximate surface area is 261 Å². The Bertz CT molecular complexity index is 1620. The number of pyridine rings is 1. The van der Waals surface area contributed by atoms with Gasteiger partial charge < -0.3 is 21.1 Å². The van der Waals surface area contributed by atoms with Crippen LogP contribution in [0.4, 0.5) is 15.8 Å². The lowest BCUT2D eigenvalue weighted by molar-refractivity contribution is 0.137. The van der Waals surface area contributed by atoms with Crippen LogP contribution in [0.25, 0.3) is 10.9 Å². The van der Waals surface area contributed by atoms with Crippen LogP contribution in [0.3, 0.4) is 0 Å². The summed E-state index contributed by atoms with van der Waals surface area (Å²) in [5.74, 6) is -0.345. The molecule has 0 aliphatic heterocycles. The Morgan fingerprint density at radius 3 is 2.47 bits per heavy atom. The van der Waals surface area contributed by atoms with Crippen LogP contribution in [-0.4, -0.2) is 57.7 Å². The predicted octanol–water partition coefficient (Wildman–Crippen LogP) is 4.75. The molecule has 0 bridgehead atoms. The van der Waals surface area contributed by atoms with Crippen molar-refractivity contribution in [1.29, 1.82) is 5.26 Å². The van der Waals surface area contributed by atoms with E-state index in [4.69, 9.17) is 0 Å². The molecule has 4 N–H and O–H groups in total. The SMILES string of the molecule is BC(Nc1cc(Br)c2ncc(C#N)c(NCC(C)(C)C)c2c1)(c1ccc(F)cc1)c1cn(CC(O)CNC(C)(C)C)nn1. The number of β-amino-alcohol motifs (C(OH)–C–C–N with tert-alkyl or cyclic N) is 1. The van der Waals surface area contributed by atoms with E-state index in [9.17, 15) is 14.8 Å². The summed E-state index contributed by atoms with van der Waals surface area (Å²) in [6.07, 6.45) is 2.70. The van der Waals surface area contributed by atoms with E-state index in [1.54, 1.807) is 29.2 Å². The van der Waals surface area contributed by atoms with Crippen molar-refractivity contribution in [2.75, 3.05) is 23.7 Å². The fraction of sp³-hybridized carbons (Fsp3) is 0.419. The van der Waals surface area contributed by atoms with Gasteiger partial charge in [-0.15, -0.1) is 5.10 Å². The van der Waals surface area contributed by atoms with Crippen molar-refractivity contribution in [3.63, 3.8) is 0 Å². The normalized spacial score (nSPS) is 14.2. The van der Waals surface area contributed by atoms with Gasteiger partial charge in [0.2, 0.25) is 0 Å². The number of nitriles is 1. The molecular weight excluding hydrogens is 610 g/mol. The van der Waals surface area contributed by atoms with Gasteiger partial charge in [-0.05, 0) is 71.9 Å². The highest BCUT2D eigenvalue weighted by Gasteiger charge is 2.33. The maximum Gasteiger partial charge on any atom is 0.148 e. The summed E-state index contributed by atoms with van der Waals surface area (Å²) >= 11 is 3.68. The number of aliphatic hydroxyl groups excluding tert-OH is 1. The molecule has 4 rings (SSSR count). The van der Waals surface area contributed by atoms with Gasteiger partial charge in [0.25, 0.3) is 0 Å². The molecule has 4 aromatic rings. The van der Waals surface area contributed by atoms with Crippen molar-refractivity contribution < 1.29 is 9.50 Å². The zero-order valence-corrected chi connectivity index (χ0v) is 27.3. The summed E-state index contributed by atoms with van der Waals surface area (Å²) in [6.45, 7) is 13.8. The lowest BCUT2D eigenvalue weighted by atomic mass is 9.69. The first kappa shape index (κ1) is 32.4. The molecule has 0 amide bonds. The van der Waals surface area contributed by atoms with Crippen molar-refractivity contribution in [3.05, 3.63) is 75.9 Å². The highest BCUT2D eigenvalue weighted by molar-refractivity contribution is 9.10. The lowest BCUT2D eigenvalue weighted by Crippen LogP contribution is -2.42. The summed E-state index contributed by atoms with van der Waals surface area (Å²) < 4.78 is 16.3. The lowest BCUT2D eigenvalue weighted by Gasteiger charge is -2.31. The topological polar surface area (TPSA) is 124 Å². The highest BCUT2D eigenvalue weighted by Crippen LogP contribution is 2.37. The number of aromatic nitrogens is 4. The first-order valence-corrected chi connectivity index (χ1v) is 15.0. The van der Waals surface area contributed by atoms with E-state index in [1.807, 2.05) is 40.8 Å². The molecule has 0 fully saturated rings. The molecule has 12 heteroatoms. The third-order valence-electron chi connectivity index (χ3n) is 6.97. The fourth-order valence-electron chi connectivity index (χ4n) is 4.64. The molecule has 2 heterocycles. The van der Waals surface area contributed by atoms with Crippen LogP contribution in [0.15, 0.2) is 53.3 Å². The Hall–Kier alpha value is -3.53. The van der Waals surface area contributed by atoms with Gasteiger partial charge >= 0.3 is 0 Å². The second-order valence-corrected chi connectivity index (χ2v) is 14.1. The number of hydrogen-bond donors (Lipinski definition) is 4. The van der Waals surface area contributed by atoms with Crippen molar-refractivity contribution in [3.8, 4) is 6.07 Å². The van der Waals surface area contributed by atoms with Gasteiger partial charge in [0.1, 0.15) is 25.4 Å². The van der Waals surface area contributed by atoms with Crippen LogP contribution < -0.4 is 16.0 Å². The van der Waals surface area contributed by atoms with E-state index < -0.39 is 11.5 Å². The smallest absolute Gasteiger partial charge is 0.148 e. The van der Waals surface area contributed by atoms with E-state index in [0.717, 1.165) is 21.1 Å². The van der Waals surface area contributed by atoms with Gasteiger partial charge in [-0.2, -0.15) is 5.26 Å². The molecule has 43 heavy (non-hydrogen) atoms. The maximum atomic E-state index is 14.0. The zero-order chi connectivity index (χ0) is 31.6. The Morgan fingerprint density at radius 2 is 1.84 bits per heavy atom. The minimum Gasteiger partial charge on any atom is -0.390 e. The third kappa shape index (κ3) is 8.10. The van der Waals surface area contributed by atoms with Gasteiger partial charge in [-0.3, -0.25) is 4.98 Å². The standard InChI is InChI=1S/C31H39BBrFN8O/c1-29(2,3)18-37-27-19(13-35)14-36-28-24(27)11-22(12-25(28)33)39-31(32,20-7-9-21(34)10-8-20)26-17-42(41-40-26)16-23(43)15-38-30(4,5)6/h7-12,14,17,23,38-39,43H,15-16,18,32H2,1-6H3,(H,36,37). The van der Waals surface area contributed by atoms with Crippen molar-refractivity contribution >= 4 is 46.1 Å². The number of anilines is 2. The van der Waals surface area contributed by atoms with E-state index in [2.05, 4.69) is 74.0 Å². The molecule has 0 spiro atoms. The van der Waals surface area contributed by atoms with Crippen LogP contribution in [0, 0.1) is 22.6 Å². The zero-order valence-electron chi connectivity index (χ0n) is 25.8. The average Bonchev–Trinajstić information content (AvgIpc) is 3.39. The number of rotatable bonds is 10. The molecule has 9 nitrogen and oxygen atoms in total. The largest absolute Gasteiger partial charge is 0.390 e. The van der Waals surface area contributed by atoms with Gasteiger partial charge in [-0.1, -0.05) is 38.1 Å². The Morgan fingerprint density at radius 1 is 1.14 bits per heavy atom. The monoisotopic (exact) mass is 648 g/mol. The highest BCUT2D eigenvalue weighted by atomic mass is 79.9. The van der Waals surface area contributed by atoms with E-state index >= 15 is 0 Å². The first-order valence-electron chi connectivity index (χ1n) is 14.2. The molecule has 0 saturated carbocycles.